The molecule has 2 aromatic rings. The van der Waals surface area contributed by atoms with E-state index in [1.54, 1.807) is 0 Å². The molecule has 1 unspecified atom stereocenters. The van der Waals surface area contributed by atoms with Gasteiger partial charge in [0.05, 0.1) is 6.61 Å². The fourth-order valence-corrected chi connectivity index (χ4v) is 4.07. The Morgan fingerprint density at radius 3 is 2.67 bits per heavy atom. The number of hydrogen-bond donors (Lipinski definition) is 1. The van der Waals surface area contributed by atoms with E-state index in [1.165, 1.54) is 45.9 Å². The Morgan fingerprint density at radius 1 is 1.08 bits per heavy atom. The van der Waals surface area contributed by atoms with Crippen LogP contribution in [0.4, 0.5) is 0 Å². The molecule has 0 heterocycles. The van der Waals surface area contributed by atoms with E-state index >= 15 is 0 Å². The normalized spacial score (nSPS) is 14.9. The molecule has 24 heavy (non-hydrogen) atoms. The molecular weight excluding hydrogens is 409 g/mol. The maximum Gasteiger partial charge on any atom is 0.119 e. The molecule has 0 radical (unpaired) electrons. The van der Waals surface area contributed by atoms with Gasteiger partial charge in [0.2, 0.25) is 0 Å². The summed E-state index contributed by atoms with van der Waals surface area (Å²) >= 11 is 2.42. The van der Waals surface area contributed by atoms with Crippen LogP contribution in [0.2, 0.25) is 0 Å². The average molecular weight is 435 g/mol. The lowest BCUT2D eigenvalue weighted by Gasteiger charge is -2.20. The predicted molar refractivity (Wildman–Crippen MR) is 109 cm³/mol. The average Bonchev–Trinajstić information content (AvgIpc) is 2.61. The van der Waals surface area contributed by atoms with E-state index in [1.807, 2.05) is 7.05 Å². The first-order valence-electron chi connectivity index (χ1n) is 8.89. The lowest BCUT2D eigenvalue weighted by atomic mass is 9.92. The van der Waals surface area contributed by atoms with Crippen LogP contribution in [0.1, 0.15) is 29.5 Å². The van der Waals surface area contributed by atoms with E-state index in [2.05, 4.69) is 70.4 Å². The topological polar surface area (TPSA) is 21.3 Å². The van der Waals surface area contributed by atoms with E-state index in [4.69, 9.17) is 4.74 Å². The summed E-state index contributed by atoms with van der Waals surface area (Å²) in [5.74, 6) is 1.50. The van der Waals surface area contributed by atoms with Gasteiger partial charge in [-0.25, -0.2) is 0 Å². The second kappa shape index (κ2) is 8.86. The van der Waals surface area contributed by atoms with Gasteiger partial charge in [-0.05, 0) is 96.6 Å². The molecule has 0 bridgehead atoms. The molecule has 0 aliphatic heterocycles. The Balaban J connectivity index is 1.62. The van der Waals surface area contributed by atoms with Crippen molar-refractivity contribution in [1.29, 1.82) is 0 Å². The van der Waals surface area contributed by atoms with Crippen molar-refractivity contribution in [1.82, 2.24) is 5.32 Å². The zero-order chi connectivity index (χ0) is 16.8. The highest BCUT2D eigenvalue weighted by Gasteiger charge is 2.14. The quantitative estimate of drug-likeness (QED) is 0.641. The van der Waals surface area contributed by atoms with E-state index in [-0.39, 0.29) is 0 Å². The van der Waals surface area contributed by atoms with Crippen LogP contribution in [-0.4, -0.2) is 20.2 Å². The highest BCUT2D eigenvalue weighted by Crippen LogP contribution is 2.26. The highest BCUT2D eigenvalue weighted by molar-refractivity contribution is 14.1. The van der Waals surface area contributed by atoms with Crippen LogP contribution in [0.15, 0.2) is 42.5 Å². The molecule has 0 spiro atoms. The molecule has 3 rings (SSSR count). The zero-order valence-corrected chi connectivity index (χ0v) is 16.5. The molecule has 1 aliphatic carbocycles. The molecular formula is C21H26INO. The van der Waals surface area contributed by atoms with Crippen LogP contribution >= 0.6 is 22.6 Å². The van der Waals surface area contributed by atoms with Gasteiger partial charge in [0.25, 0.3) is 0 Å². The van der Waals surface area contributed by atoms with Crippen molar-refractivity contribution in [2.24, 2.45) is 5.92 Å². The van der Waals surface area contributed by atoms with Crippen LogP contribution in [0.3, 0.4) is 0 Å². The third-order valence-corrected chi connectivity index (χ3v) is 5.82. The van der Waals surface area contributed by atoms with Crippen molar-refractivity contribution in [2.75, 3.05) is 20.2 Å². The number of fused-ring (bicyclic) bond motifs is 1. The number of benzene rings is 2. The summed E-state index contributed by atoms with van der Waals surface area (Å²) < 4.78 is 7.49. The minimum absolute atomic E-state index is 0.474. The van der Waals surface area contributed by atoms with Gasteiger partial charge in [-0.3, -0.25) is 0 Å². The second-order valence-electron chi connectivity index (χ2n) is 6.67. The summed E-state index contributed by atoms with van der Waals surface area (Å²) in [5, 5.41) is 3.31. The van der Waals surface area contributed by atoms with Crippen LogP contribution in [-0.2, 0) is 19.3 Å². The van der Waals surface area contributed by atoms with Crippen molar-refractivity contribution < 1.29 is 4.74 Å². The zero-order valence-electron chi connectivity index (χ0n) is 14.4. The smallest absolute Gasteiger partial charge is 0.119 e. The molecule has 128 valence electrons. The lowest BCUT2D eigenvalue weighted by Crippen LogP contribution is -2.26. The monoisotopic (exact) mass is 435 g/mol. The Kier molecular flexibility index (Phi) is 6.55. The predicted octanol–water partition coefficient (Wildman–Crippen LogP) is 4.63. The number of aryl methyl sites for hydroxylation is 2. The molecule has 2 nitrogen and oxygen atoms in total. The Hall–Kier alpha value is -1.07. The van der Waals surface area contributed by atoms with E-state index < -0.39 is 0 Å². The minimum atomic E-state index is 0.474. The van der Waals surface area contributed by atoms with Crippen molar-refractivity contribution in [3.05, 3.63) is 62.7 Å². The molecule has 0 saturated heterocycles. The summed E-state index contributed by atoms with van der Waals surface area (Å²) in [6.07, 6.45) is 6.11. The Bertz CT molecular complexity index is 671. The van der Waals surface area contributed by atoms with Crippen LogP contribution < -0.4 is 10.1 Å². The Labute approximate surface area is 159 Å². The third-order valence-electron chi connectivity index (χ3n) is 4.76. The summed E-state index contributed by atoms with van der Waals surface area (Å²) in [7, 11) is 2.02. The number of halogens is 1. The Morgan fingerprint density at radius 2 is 1.88 bits per heavy atom. The van der Waals surface area contributed by atoms with Crippen molar-refractivity contribution in [3.63, 3.8) is 0 Å². The molecule has 0 fully saturated rings. The first-order valence-corrected chi connectivity index (χ1v) is 9.96. The van der Waals surface area contributed by atoms with E-state index in [0.717, 1.165) is 25.3 Å². The SMILES string of the molecule is CNCC(COc1ccc2c(c1)CCCC2)Cc1ccccc1I. The molecule has 1 atom stereocenters. The van der Waals surface area contributed by atoms with Gasteiger partial charge >= 0.3 is 0 Å². The van der Waals surface area contributed by atoms with E-state index in [9.17, 15) is 0 Å². The van der Waals surface area contributed by atoms with Crippen LogP contribution in [0, 0.1) is 9.49 Å². The van der Waals surface area contributed by atoms with Crippen LogP contribution in [0.25, 0.3) is 0 Å². The van der Waals surface area contributed by atoms with Crippen molar-refractivity contribution in [2.45, 2.75) is 32.1 Å². The number of nitrogens with one attached hydrogen (secondary N) is 1. The van der Waals surface area contributed by atoms with Gasteiger partial charge in [0, 0.05) is 16.0 Å². The first kappa shape index (κ1) is 17.7. The molecule has 0 saturated carbocycles. The summed E-state index contributed by atoms with van der Waals surface area (Å²) in [4.78, 5) is 0. The van der Waals surface area contributed by atoms with E-state index in [0.29, 0.717) is 5.92 Å². The molecule has 1 aliphatic rings. The molecule has 3 heteroatoms. The van der Waals surface area contributed by atoms with Crippen molar-refractivity contribution >= 4 is 22.6 Å². The fraction of sp³-hybridized carbons (Fsp3) is 0.429. The first-order chi connectivity index (χ1) is 11.8. The standard InChI is InChI=1S/C21H26INO/c1-23-14-16(12-19-8-4-5-9-21(19)22)15-24-20-11-10-17-6-2-3-7-18(17)13-20/h4-5,8-11,13,16,23H,2-3,6-7,12,14-15H2,1H3. The van der Waals surface area contributed by atoms with Gasteiger partial charge in [0.15, 0.2) is 0 Å². The highest BCUT2D eigenvalue weighted by atomic mass is 127. The number of hydrogen-bond acceptors (Lipinski definition) is 2. The lowest BCUT2D eigenvalue weighted by molar-refractivity contribution is 0.245. The molecule has 0 aromatic heterocycles. The molecule has 0 amide bonds. The van der Waals surface area contributed by atoms with Gasteiger partial charge in [-0.15, -0.1) is 0 Å². The van der Waals surface area contributed by atoms with Gasteiger partial charge in [-0.2, -0.15) is 0 Å². The summed E-state index contributed by atoms with van der Waals surface area (Å²) in [6.45, 7) is 1.72. The molecule has 1 N–H and O–H groups in total. The maximum absolute atomic E-state index is 6.16. The second-order valence-corrected chi connectivity index (χ2v) is 7.83. The van der Waals surface area contributed by atoms with Crippen molar-refractivity contribution in [3.8, 4) is 5.75 Å². The number of ether oxygens (including phenoxy) is 1. The van der Waals surface area contributed by atoms with Gasteiger partial charge < -0.3 is 10.1 Å². The van der Waals surface area contributed by atoms with Gasteiger partial charge in [0.1, 0.15) is 5.75 Å². The largest absolute Gasteiger partial charge is 0.493 e. The summed E-state index contributed by atoms with van der Waals surface area (Å²) in [5.41, 5.74) is 4.41. The minimum Gasteiger partial charge on any atom is -0.493 e. The molecule has 2 aromatic carbocycles. The van der Waals surface area contributed by atoms with Crippen LogP contribution in [0.5, 0.6) is 5.75 Å². The fourth-order valence-electron chi connectivity index (χ4n) is 3.47. The summed E-state index contributed by atoms with van der Waals surface area (Å²) in [6, 6.07) is 15.3. The number of rotatable bonds is 7. The van der Waals surface area contributed by atoms with Gasteiger partial charge in [-0.1, -0.05) is 24.3 Å². The third kappa shape index (κ3) is 4.73. The maximum atomic E-state index is 6.16.